The molecule has 0 unspecified atom stereocenters. The van der Waals surface area contributed by atoms with E-state index in [4.69, 9.17) is 4.74 Å². The lowest BCUT2D eigenvalue weighted by Crippen LogP contribution is -2.43. The van der Waals surface area contributed by atoms with Gasteiger partial charge in [-0.05, 0) is 74.4 Å². The zero-order valence-electron chi connectivity index (χ0n) is 24.1. The Morgan fingerprint density at radius 1 is 1.00 bits per heavy atom. The summed E-state index contributed by atoms with van der Waals surface area (Å²) in [6.07, 6.45) is 8.53. The van der Waals surface area contributed by atoms with E-state index >= 15 is 0 Å². The summed E-state index contributed by atoms with van der Waals surface area (Å²) in [5, 5.41) is 5.61. The van der Waals surface area contributed by atoms with Gasteiger partial charge in [0.1, 0.15) is 29.3 Å². The predicted octanol–water partition coefficient (Wildman–Crippen LogP) is 3.01. The Morgan fingerprint density at radius 2 is 1.80 bits per heavy atom. The molecule has 4 heterocycles. The molecule has 2 saturated carbocycles. The van der Waals surface area contributed by atoms with E-state index in [2.05, 4.69) is 25.6 Å². The van der Waals surface area contributed by atoms with Crippen molar-refractivity contribution in [2.75, 3.05) is 11.9 Å². The van der Waals surface area contributed by atoms with Crippen LogP contribution in [-0.2, 0) is 19.5 Å². The highest BCUT2D eigenvalue weighted by Crippen LogP contribution is 2.30. The third-order valence-electron chi connectivity index (χ3n) is 7.99. The number of fused-ring (bicyclic) bond motifs is 1. The number of anilines is 1. The number of nitrogens with zero attached hydrogens (tertiary/aromatic N) is 6. The highest BCUT2D eigenvalue weighted by Gasteiger charge is 2.30. The molecule has 1 aromatic carbocycles. The Labute approximate surface area is 255 Å². The molecule has 0 atom stereocenters. The number of urea groups is 1. The SMILES string of the molecule is O=C(Nc1ccc(Oc2ncnc3c2CCN(C(=O)NC2CC2)C3)cn1)c1cn(CC2CC2)c(=O)n(-c2ccc(F)cc2)c1=O. The van der Waals surface area contributed by atoms with Crippen molar-refractivity contribution in [2.24, 2.45) is 5.92 Å². The maximum Gasteiger partial charge on any atom is 0.335 e. The maximum atomic E-state index is 13.5. The van der Waals surface area contributed by atoms with E-state index in [1.165, 1.54) is 41.5 Å². The minimum atomic E-state index is -0.826. The molecule has 0 spiro atoms. The summed E-state index contributed by atoms with van der Waals surface area (Å²) < 4.78 is 21.8. The molecular weight excluding hydrogens is 583 g/mol. The first-order chi connectivity index (χ1) is 21.8. The number of hydrogen-bond acceptors (Lipinski definition) is 8. The zero-order chi connectivity index (χ0) is 31.1. The van der Waals surface area contributed by atoms with E-state index in [9.17, 15) is 23.6 Å². The van der Waals surface area contributed by atoms with Crippen molar-refractivity contribution >= 4 is 17.8 Å². The lowest BCUT2D eigenvalue weighted by atomic mass is 10.1. The molecule has 2 aliphatic carbocycles. The predicted molar refractivity (Wildman–Crippen MR) is 159 cm³/mol. The second kappa shape index (κ2) is 11.6. The van der Waals surface area contributed by atoms with Gasteiger partial charge in [0.05, 0.1) is 24.1 Å². The van der Waals surface area contributed by atoms with Gasteiger partial charge < -0.3 is 20.3 Å². The fourth-order valence-corrected chi connectivity index (χ4v) is 5.17. The van der Waals surface area contributed by atoms with Gasteiger partial charge in [-0.1, -0.05) is 0 Å². The topological polar surface area (TPSA) is 153 Å². The Kier molecular flexibility index (Phi) is 7.31. The fourth-order valence-electron chi connectivity index (χ4n) is 5.17. The van der Waals surface area contributed by atoms with Gasteiger partial charge in [-0.25, -0.2) is 33.5 Å². The average Bonchev–Trinajstić information content (AvgIpc) is 3.98. The van der Waals surface area contributed by atoms with Gasteiger partial charge in [0, 0.05) is 30.9 Å². The lowest BCUT2D eigenvalue weighted by molar-refractivity contribution is 0.102. The highest BCUT2D eigenvalue weighted by atomic mass is 19.1. The van der Waals surface area contributed by atoms with Gasteiger partial charge in [-0.3, -0.25) is 14.2 Å². The number of pyridine rings is 1. The van der Waals surface area contributed by atoms with E-state index in [1.807, 2.05) is 0 Å². The van der Waals surface area contributed by atoms with E-state index in [0.717, 1.165) is 47.9 Å². The number of rotatable bonds is 8. The van der Waals surface area contributed by atoms with Crippen LogP contribution in [0.5, 0.6) is 11.6 Å². The minimum Gasteiger partial charge on any atom is -0.437 e. The number of aromatic nitrogens is 5. The molecule has 3 amide bonds. The number of nitrogens with one attached hydrogen (secondary N) is 2. The summed E-state index contributed by atoms with van der Waals surface area (Å²) in [4.78, 5) is 66.9. The second-order valence-corrected chi connectivity index (χ2v) is 11.5. The molecule has 4 aromatic rings. The Balaban J connectivity index is 1.07. The van der Waals surface area contributed by atoms with Crippen LogP contribution in [0.25, 0.3) is 5.69 Å². The molecular formula is C31H29FN8O5. The zero-order valence-corrected chi connectivity index (χ0v) is 24.1. The number of hydrogen-bond donors (Lipinski definition) is 2. The van der Waals surface area contributed by atoms with Crippen molar-refractivity contribution in [2.45, 2.75) is 51.2 Å². The Hall–Kier alpha value is -5.40. The molecule has 2 N–H and O–H groups in total. The van der Waals surface area contributed by atoms with Crippen LogP contribution in [0.2, 0.25) is 0 Å². The van der Waals surface area contributed by atoms with Crippen molar-refractivity contribution in [1.29, 1.82) is 0 Å². The maximum absolute atomic E-state index is 13.5. The lowest BCUT2D eigenvalue weighted by Gasteiger charge is -2.28. The normalized spacial score (nSPS) is 15.7. The molecule has 13 nitrogen and oxygen atoms in total. The Morgan fingerprint density at radius 3 is 2.51 bits per heavy atom. The van der Waals surface area contributed by atoms with Crippen molar-refractivity contribution in [1.82, 2.24) is 34.3 Å². The molecule has 0 radical (unpaired) electrons. The van der Waals surface area contributed by atoms with Gasteiger partial charge in [-0.15, -0.1) is 0 Å². The van der Waals surface area contributed by atoms with Gasteiger partial charge in [0.2, 0.25) is 5.88 Å². The smallest absolute Gasteiger partial charge is 0.335 e. The molecule has 1 aliphatic heterocycles. The van der Waals surface area contributed by atoms with Crippen LogP contribution in [0.15, 0.2) is 64.7 Å². The Bertz CT molecular complexity index is 1900. The van der Waals surface area contributed by atoms with Crippen LogP contribution in [0, 0.1) is 11.7 Å². The van der Waals surface area contributed by atoms with Crippen LogP contribution in [-0.4, -0.2) is 53.5 Å². The molecule has 2 fully saturated rings. The summed E-state index contributed by atoms with van der Waals surface area (Å²) in [5.74, 6) is -0.0986. The standard InChI is InChI=1S/C31H29FN8O5/c32-19-3-7-21(8-4-19)40-29(42)24(15-39(31(40)44)14-18-1-2-18)27(41)37-26-10-9-22(13-33-26)45-28-23-11-12-38(16-25(23)34-17-35-28)30(43)36-20-5-6-20/h3-4,7-10,13,15,17-18,20H,1-2,5-6,11-12,14,16H2,(H,36,43)(H,33,37,41). The molecule has 14 heteroatoms. The third kappa shape index (κ3) is 6.16. The fraction of sp³-hybridized carbons (Fsp3) is 0.323. The van der Waals surface area contributed by atoms with Crippen LogP contribution < -0.4 is 26.6 Å². The molecule has 7 rings (SSSR count). The van der Waals surface area contributed by atoms with Gasteiger partial charge in [0.15, 0.2) is 0 Å². The summed E-state index contributed by atoms with van der Waals surface area (Å²) in [7, 11) is 0. The molecule has 230 valence electrons. The van der Waals surface area contributed by atoms with Crippen molar-refractivity contribution in [3.05, 3.63) is 98.6 Å². The van der Waals surface area contributed by atoms with Crippen molar-refractivity contribution < 1.29 is 18.7 Å². The van der Waals surface area contributed by atoms with Crippen LogP contribution in [0.1, 0.15) is 47.3 Å². The summed E-state index contributed by atoms with van der Waals surface area (Å²) in [6, 6.07) is 8.22. The first-order valence-electron chi connectivity index (χ1n) is 14.8. The number of amides is 3. The second-order valence-electron chi connectivity index (χ2n) is 11.5. The van der Waals surface area contributed by atoms with Gasteiger partial charge >= 0.3 is 11.7 Å². The average molecular weight is 613 g/mol. The largest absolute Gasteiger partial charge is 0.437 e. The van der Waals surface area contributed by atoms with Crippen LogP contribution in [0.4, 0.5) is 15.0 Å². The number of ether oxygens (including phenoxy) is 1. The van der Waals surface area contributed by atoms with E-state index in [0.29, 0.717) is 49.3 Å². The molecule has 3 aliphatic rings. The number of carbonyl (C=O) groups excluding carboxylic acids is 2. The number of benzene rings is 1. The van der Waals surface area contributed by atoms with E-state index < -0.39 is 23.0 Å². The quantitative estimate of drug-likeness (QED) is 0.308. The van der Waals surface area contributed by atoms with Crippen molar-refractivity contribution in [3.63, 3.8) is 0 Å². The number of halogens is 1. The molecule has 0 bridgehead atoms. The molecule has 0 saturated heterocycles. The van der Waals surface area contributed by atoms with Gasteiger partial charge in [-0.2, -0.15) is 0 Å². The molecule has 45 heavy (non-hydrogen) atoms. The van der Waals surface area contributed by atoms with Crippen LogP contribution >= 0.6 is 0 Å². The monoisotopic (exact) mass is 612 g/mol. The summed E-state index contributed by atoms with van der Waals surface area (Å²) in [5.41, 5.74) is -0.00273. The minimum absolute atomic E-state index is 0.0952. The molecule has 3 aromatic heterocycles. The van der Waals surface area contributed by atoms with E-state index in [1.54, 1.807) is 11.0 Å². The van der Waals surface area contributed by atoms with Gasteiger partial charge in [0.25, 0.3) is 11.5 Å². The first kappa shape index (κ1) is 28.4. The van der Waals surface area contributed by atoms with E-state index in [-0.39, 0.29) is 29.1 Å². The summed E-state index contributed by atoms with van der Waals surface area (Å²) >= 11 is 0. The summed E-state index contributed by atoms with van der Waals surface area (Å²) in [6.45, 7) is 1.23. The first-order valence-corrected chi connectivity index (χ1v) is 14.8. The van der Waals surface area contributed by atoms with Crippen molar-refractivity contribution in [3.8, 4) is 17.3 Å². The van der Waals surface area contributed by atoms with Crippen LogP contribution in [0.3, 0.4) is 0 Å². The highest BCUT2D eigenvalue weighted by molar-refractivity contribution is 6.03. The number of carbonyl (C=O) groups is 2. The third-order valence-corrected chi connectivity index (χ3v) is 7.99.